The first kappa shape index (κ1) is 14.8. The fraction of sp³-hybridized carbons (Fsp3) is 0.625. The number of nitrogens with two attached hydrogens (primary N) is 1. The molecule has 1 aliphatic heterocycles. The van der Waals surface area contributed by atoms with Gasteiger partial charge in [0.2, 0.25) is 0 Å². The molecule has 0 unspecified atom stereocenters. The molecule has 21 heavy (non-hydrogen) atoms. The minimum atomic E-state index is -0.852. The number of likely N-dealkylation sites (tertiary alicyclic amines) is 1. The summed E-state index contributed by atoms with van der Waals surface area (Å²) in [6.07, 6.45) is 3.66. The maximum Gasteiger partial charge on any atom is 0.165 e. The summed E-state index contributed by atoms with van der Waals surface area (Å²) < 4.78 is 19.4. The molecule has 1 heterocycles. The molecule has 2 aliphatic rings. The number of ether oxygens (including phenoxy) is 1. The van der Waals surface area contributed by atoms with Crippen molar-refractivity contribution in [2.45, 2.75) is 43.9 Å². The molecule has 0 bridgehead atoms. The van der Waals surface area contributed by atoms with Crippen LogP contribution in [0, 0.1) is 5.82 Å². The summed E-state index contributed by atoms with van der Waals surface area (Å²) in [4.78, 5) is 2.24. The monoisotopic (exact) mass is 294 g/mol. The van der Waals surface area contributed by atoms with Crippen molar-refractivity contribution >= 4 is 0 Å². The number of hydrogen-bond donors (Lipinski definition) is 2. The zero-order valence-electron chi connectivity index (χ0n) is 12.2. The number of aliphatic hydroxyl groups is 1. The molecule has 1 aromatic carbocycles. The van der Waals surface area contributed by atoms with Crippen LogP contribution >= 0.6 is 0 Å². The van der Waals surface area contributed by atoms with E-state index in [-0.39, 0.29) is 11.9 Å². The molecule has 2 atom stereocenters. The van der Waals surface area contributed by atoms with Crippen LogP contribution in [0.15, 0.2) is 18.2 Å². The van der Waals surface area contributed by atoms with Gasteiger partial charge in [0, 0.05) is 12.6 Å². The highest BCUT2D eigenvalue weighted by molar-refractivity contribution is 5.31. The summed E-state index contributed by atoms with van der Waals surface area (Å²) in [5.74, 6) is -0.159. The van der Waals surface area contributed by atoms with Crippen LogP contribution in [0.1, 0.15) is 37.4 Å². The van der Waals surface area contributed by atoms with Crippen molar-refractivity contribution in [3.05, 3.63) is 29.6 Å². The molecule has 0 aromatic heterocycles. The third kappa shape index (κ3) is 3.73. The minimum absolute atomic E-state index is 0.160. The summed E-state index contributed by atoms with van der Waals surface area (Å²) in [5, 5.41) is 10.3. The molecule has 1 aromatic rings. The predicted octanol–water partition coefficient (Wildman–Crippen LogP) is 1.82. The summed E-state index contributed by atoms with van der Waals surface area (Å²) in [5.41, 5.74) is 6.58. The van der Waals surface area contributed by atoms with E-state index in [2.05, 4.69) is 4.90 Å². The average molecular weight is 294 g/mol. The maximum atomic E-state index is 14.0. The van der Waals surface area contributed by atoms with E-state index < -0.39 is 18.0 Å². The quantitative estimate of drug-likeness (QED) is 0.840. The Morgan fingerprint density at radius 2 is 2.05 bits per heavy atom. The molecule has 4 nitrogen and oxygen atoms in total. The second-order valence-electron chi connectivity index (χ2n) is 6.12. The van der Waals surface area contributed by atoms with Crippen LogP contribution in [-0.2, 0) is 0 Å². The largest absolute Gasteiger partial charge is 0.487 e. The van der Waals surface area contributed by atoms with Crippen molar-refractivity contribution in [2.24, 2.45) is 5.73 Å². The van der Waals surface area contributed by atoms with Crippen molar-refractivity contribution in [1.82, 2.24) is 4.90 Å². The zero-order valence-corrected chi connectivity index (χ0v) is 12.2. The standard InChI is InChI=1S/C16H23FN2O2/c17-13-9-11(3-6-15(13)21-12-4-5-12)16(20)14(18)10-19-7-1-2-8-19/h3,6,9,12,14,16,20H,1-2,4-5,7-8,10,18H2/t14-,16-/m1/s1. The summed E-state index contributed by atoms with van der Waals surface area (Å²) in [7, 11) is 0. The maximum absolute atomic E-state index is 14.0. The summed E-state index contributed by atoms with van der Waals surface area (Å²) >= 11 is 0. The minimum Gasteiger partial charge on any atom is -0.487 e. The molecule has 3 N–H and O–H groups in total. The van der Waals surface area contributed by atoms with Gasteiger partial charge in [-0.05, 0) is 56.5 Å². The Balaban J connectivity index is 1.62. The fourth-order valence-electron chi connectivity index (χ4n) is 2.77. The van der Waals surface area contributed by atoms with Crippen LogP contribution in [0.4, 0.5) is 4.39 Å². The van der Waals surface area contributed by atoms with Crippen LogP contribution in [0.2, 0.25) is 0 Å². The van der Waals surface area contributed by atoms with Gasteiger partial charge in [-0.25, -0.2) is 4.39 Å². The van der Waals surface area contributed by atoms with Gasteiger partial charge in [-0.1, -0.05) is 6.07 Å². The summed E-state index contributed by atoms with van der Waals surface area (Å²) in [6.45, 7) is 2.70. The van der Waals surface area contributed by atoms with Crippen molar-refractivity contribution in [1.29, 1.82) is 0 Å². The Kier molecular flexibility index (Phi) is 4.42. The number of hydrogen-bond acceptors (Lipinski definition) is 4. The van der Waals surface area contributed by atoms with Gasteiger partial charge in [-0.15, -0.1) is 0 Å². The van der Waals surface area contributed by atoms with Gasteiger partial charge in [0.15, 0.2) is 11.6 Å². The molecule has 0 radical (unpaired) electrons. The van der Waals surface area contributed by atoms with Gasteiger partial charge < -0.3 is 20.5 Å². The van der Waals surface area contributed by atoms with E-state index in [1.54, 1.807) is 12.1 Å². The molecule has 1 saturated heterocycles. The van der Waals surface area contributed by atoms with E-state index in [1.807, 2.05) is 0 Å². The average Bonchev–Trinajstić information content (AvgIpc) is 3.14. The molecular weight excluding hydrogens is 271 g/mol. The first-order chi connectivity index (χ1) is 10.1. The SMILES string of the molecule is N[C@H](CN1CCCC1)[C@H](O)c1ccc(OC2CC2)c(F)c1. The first-order valence-electron chi connectivity index (χ1n) is 7.75. The van der Waals surface area contributed by atoms with Crippen LogP contribution in [0.3, 0.4) is 0 Å². The molecule has 0 amide bonds. The van der Waals surface area contributed by atoms with Gasteiger partial charge in [0.25, 0.3) is 0 Å². The Hall–Kier alpha value is -1.17. The number of nitrogens with zero attached hydrogens (tertiary/aromatic N) is 1. The first-order valence-corrected chi connectivity index (χ1v) is 7.75. The van der Waals surface area contributed by atoms with Crippen molar-refractivity contribution < 1.29 is 14.2 Å². The molecule has 2 fully saturated rings. The van der Waals surface area contributed by atoms with Crippen molar-refractivity contribution in [3.8, 4) is 5.75 Å². The Morgan fingerprint density at radius 1 is 1.33 bits per heavy atom. The van der Waals surface area contributed by atoms with Gasteiger partial charge in [-0.2, -0.15) is 0 Å². The lowest BCUT2D eigenvalue weighted by atomic mass is 10.0. The number of rotatable bonds is 6. The van der Waals surface area contributed by atoms with E-state index in [0.717, 1.165) is 25.9 Å². The van der Waals surface area contributed by atoms with Crippen molar-refractivity contribution in [2.75, 3.05) is 19.6 Å². The normalized spacial score (nSPS) is 22.2. The van der Waals surface area contributed by atoms with Gasteiger partial charge in [0.1, 0.15) is 0 Å². The van der Waals surface area contributed by atoms with Crippen LogP contribution in [0.5, 0.6) is 5.75 Å². The second kappa shape index (κ2) is 6.30. The zero-order chi connectivity index (χ0) is 14.8. The van der Waals surface area contributed by atoms with Crippen molar-refractivity contribution in [3.63, 3.8) is 0 Å². The number of halogens is 1. The molecule has 0 spiro atoms. The number of benzene rings is 1. The van der Waals surface area contributed by atoms with Gasteiger partial charge in [-0.3, -0.25) is 0 Å². The third-order valence-corrected chi connectivity index (χ3v) is 4.19. The highest BCUT2D eigenvalue weighted by Crippen LogP contribution is 2.30. The van der Waals surface area contributed by atoms with E-state index in [9.17, 15) is 9.50 Å². The summed E-state index contributed by atoms with van der Waals surface area (Å²) in [6, 6.07) is 4.23. The Labute approximate surface area is 124 Å². The van der Waals surface area contributed by atoms with Crippen LogP contribution in [-0.4, -0.2) is 41.8 Å². The molecule has 1 aliphatic carbocycles. The molecule has 3 rings (SSSR count). The topological polar surface area (TPSA) is 58.7 Å². The lowest BCUT2D eigenvalue weighted by Gasteiger charge is -2.24. The molecule has 116 valence electrons. The van der Waals surface area contributed by atoms with Gasteiger partial charge in [0.05, 0.1) is 12.2 Å². The molecule has 5 heteroatoms. The van der Waals surface area contributed by atoms with Crippen LogP contribution < -0.4 is 10.5 Å². The highest BCUT2D eigenvalue weighted by Gasteiger charge is 2.26. The Morgan fingerprint density at radius 3 is 2.67 bits per heavy atom. The molecular formula is C16H23FN2O2. The number of aliphatic hydroxyl groups excluding tert-OH is 1. The lowest BCUT2D eigenvalue weighted by Crippen LogP contribution is -2.40. The smallest absolute Gasteiger partial charge is 0.165 e. The fourth-order valence-corrected chi connectivity index (χ4v) is 2.77. The van der Waals surface area contributed by atoms with E-state index >= 15 is 0 Å². The predicted molar refractivity (Wildman–Crippen MR) is 78.7 cm³/mol. The Bertz CT molecular complexity index is 487. The lowest BCUT2D eigenvalue weighted by molar-refractivity contribution is 0.125. The van der Waals surface area contributed by atoms with Gasteiger partial charge >= 0.3 is 0 Å². The van der Waals surface area contributed by atoms with E-state index in [4.69, 9.17) is 10.5 Å². The van der Waals surface area contributed by atoms with E-state index in [1.165, 1.54) is 18.9 Å². The third-order valence-electron chi connectivity index (χ3n) is 4.19. The molecule has 1 saturated carbocycles. The second-order valence-corrected chi connectivity index (χ2v) is 6.12. The highest BCUT2D eigenvalue weighted by atomic mass is 19.1. The van der Waals surface area contributed by atoms with Crippen LogP contribution in [0.25, 0.3) is 0 Å². The van der Waals surface area contributed by atoms with E-state index in [0.29, 0.717) is 12.1 Å².